The van der Waals surface area contributed by atoms with E-state index in [1.807, 2.05) is 0 Å². The van der Waals surface area contributed by atoms with E-state index in [0.717, 1.165) is 17.1 Å². The van der Waals surface area contributed by atoms with Crippen molar-refractivity contribution in [3.63, 3.8) is 0 Å². The molecule has 2 N–H and O–H groups in total. The van der Waals surface area contributed by atoms with Crippen LogP contribution in [-0.4, -0.2) is 32.1 Å². The van der Waals surface area contributed by atoms with Gasteiger partial charge in [0.1, 0.15) is 0 Å². The molecular formula is C12H16N2O4S. The summed E-state index contributed by atoms with van der Waals surface area (Å²) in [6.45, 7) is -0.0819. The van der Waals surface area contributed by atoms with Crippen LogP contribution >= 0.6 is 0 Å². The van der Waals surface area contributed by atoms with Crippen molar-refractivity contribution < 1.29 is 18.3 Å². The Labute approximate surface area is 112 Å². The zero-order chi connectivity index (χ0) is 13.9. The highest BCUT2D eigenvalue weighted by atomic mass is 32.2. The van der Waals surface area contributed by atoms with E-state index in [1.54, 1.807) is 30.3 Å². The molecule has 0 radical (unpaired) electrons. The number of hydrogen-bond donors (Lipinski definition) is 2. The third-order valence-electron chi connectivity index (χ3n) is 2.76. The largest absolute Gasteiger partial charge is 0.481 e. The average molecular weight is 284 g/mol. The normalized spacial score (nSPS) is 15.2. The molecule has 1 aromatic rings. The molecule has 0 atom stereocenters. The smallest absolute Gasteiger partial charge is 0.305 e. The molecule has 0 aliphatic heterocycles. The number of carbonyl (C=O) groups is 1. The van der Waals surface area contributed by atoms with Crippen LogP contribution < -0.4 is 9.03 Å². The molecule has 1 aliphatic rings. The summed E-state index contributed by atoms with van der Waals surface area (Å²) in [5.41, 5.74) is 0.469. The lowest BCUT2D eigenvalue weighted by molar-refractivity contribution is -0.136. The van der Waals surface area contributed by atoms with Crippen molar-refractivity contribution in [2.45, 2.75) is 25.3 Å². The Hall–Kier alpha value is -1.60. The maximum Gasteiger partial charge on any atom is 0.305 e. The van der Waals surface area contributed by atoms with Gasteiger partial charge in [-0.3, -0.25) is 9.10 Å². The van der Waals surface area contributed by atoms with Gasteiger partial charge >= 0.3 is 16.2 Å². The Morgan fingerprint density at radius 1 is 1.32 bits per heavy atom. The van der Waals surface area contributed by atoms with Crippen LogP contribution in [0, 0.1) is 0 Å². The summed E-state index contributed by atoms with van der Waals surface area (Å²) in [4.78, 5) is 10.7. The summed E-state index contributed by atoms with van der Waals surface area (Å²) < 4.78 is 28.1. The van der Waals surface area contributed by atoms with Crippen molar-refractivity contribution in [2.75, 3.05) is 10.8 Å². The molecule has 1 fully saturated rings. The third-order valence-corrected chi connectivity index (χ3v) is 4.36. The number of hydrogen-bond acceptors (Lipinski definition) is 3. The second-order valence-electron chi connectivity index (χ2n) is 4.45. The Morgan fingerprint density at radius 3 is 2.47 bits per heavy atom. The molecule has 104 valence electrons. The quantitative estimate of drug-likeness (QED) is 0.781. The first-order valence-corrected chi connectivity index (χ1v) is 7.50. The van der Waals surface area contributed by atoms with E-state index in [-0.39, 0.29) is 19.0 Å². The summed E-state index contributed by atoms with van der Waals surface area (Å²) in [6, 6.07) is 8.49. The lowest BCUT2D eigenvalue weighted by Crippen LogP contribution is -2.42. The number of anilines is 1. The van der Waals surface area contributed by atoms with Crippen LogP contribution in [0.25, 0.3) is 0 Å². The van der Waals surface area contributed by atoms with Gasteiger partial charge in [-0.05, 0) is 25.0 Å². The molecule has 0 saturated heterocycles. The fourth-order valence-corrected chi connectivity index (χ4v) is 3.17. The second-order valence-corrected chi connectivity index (χ2v) is 6.08. The van der Waals surface area contributed by atoms with Gasteiger partial charge in [-0.15, -0.1) is 0 Å². The molecule has 1 aromatic carbocycles. The van der Waals surface area contributed by atoms with Gasteiger partial charge in [-0.2, -0.15) is 13.1 Å². The van der Waals surface area contributed by atoms with E-state index in [0.29, 0.717) is 5.69 Å². The van der Waals surface area contributed by atoms with Crippen LogP contribution in [0.1, 0.15) is 19.3 Å². The van der Waals surface area contributed by atoms with Crippen LogP contribution in [-0.2, 0) is 15.0 Å². The van der Waals surface area contributed by atoms with Gasteiger partial charge in [0.05, 0.1) is 12.1 Å². The number of nitrogens with one attached hydrogen (secondary N) is 1. The monoisotopic (exact) mass is 284 g/mol. The van der Waals surface area contributed by atoms with Crippen LogP contribution in [0.3, 0.4) is 0 Å². The Bertz CT molecular complexity index is 540. The summed E-state index contributed by atoms with van der Waals surface area (Å²) >= 11 is 0. The molecule has 0 amide bonds. The van der Waals surface area contributed by atoms with Gasteiger partial charge in [0.15, 0.2) is 0 Å². The standard InChI is InChI=1S/C12H16N2O4S/c15-12(16)8-9-14(11-4-2-1-3-5-11)19(17,18)13-10-6-7-10/h1-5,10,13H,6-9H2,(H,15,16). The van der Waals surface area contributed by atoms with Crippen LogP contribution in [0.2, 0.25) is 0 Å². The molecule has 0 aromatic heterocycles. The molecule has 1 aliphatic carbocycles. The van der Waals surface area contributed by atoms with E-state index in [4.69, 9.17) is 5.11 Å². The minimum atomic E-state index is -3.69. The average Bonchev–Trinajstić information content (AvgIpc) is 3.13. The molecule has 1 saturated carbocycles. The predicted octanol–water partition coefficient (Wildman–Crippen LogP) is 0.964. The summed E-state index contributed by atoms with van der Waals surface area (Å²) in [5, 5.41) is 8.73. The van der Waals surface area contributed by atoms with Gasteiger partial charge in [0, 0.05) is 12.6 Å². The number of para-hydroxylation sites is 1. The maximum atomic E-state index is 12.2. The molecular weight excluding hydrogens is 268 g/mol. The maximum absolute atomic E-state index is 12.2. The first-order valence-electron chi connectivity index (χ1n) is 6.06. The van der Waals surface area contributed by atoms with E-state index in [1.165, 1.54) is 0 Å². The van der Waals surface area contributed by atoms with Gasteiger partial charge in [-0.1, -0.05) is 18.2 Å². The van der Waals surface area contributed by atoms with Crippen molar-refractivity contribution in [1.82, 2.24) is 4.72 Å². The van der Waals surface area contributed by atoms with Crippen molar-refractivity contribution in [3.8, 4) is 0 Å². The molecule has 6 nitrogen and oxygen atoms in total. The minimum absolute atomic E-state index is 0.0129. The summed E-state index contributed by atoms with van der Waals surface area (Å²) in [6.07, 6.45) is 1.43. The molecule has 0 heterocycles. The number of aliphatic carboxylic acids is 1. The summed E-state index contributed by atoms with van der Waals surface area (Å²) in [7, 11) is -3.69. The van der Waals surface area contributed by atoms with Gasteiger partial charge in [0.25, 0.3) is 0 Å². The molecule has 7 heteroatoms. The molecule has 0 bridgehead atoms. The van der Waals surface area contributed by atoms with E-state index in [9.17, 15) is 13.2 Å². The fraction of sp³-hybridized carbons (Fsp3) is 0.417. The zero-order valence-corrected chi connectivity index (χ0v) is 11.1. The Morgan fingerprint density at radius 2 is 1.95 bits per heavy atom. The number of benzene rings is 1. The van der Waals surface area contributed by atoms with E-state index in [2.05, 4.69) is 4.72 Å². The molecule has 0 spiro atoms. The first-order chi connectivity index (χ1) is 8.99. The Balaban J connectivity index is 2.20. The van der Waals surface area contributed by atoms with Gasteiger partial charge < -0.3 is 5.11 Å². The highest BCUT2D eigenvalue weighted by Gasteiger charge is 2.31. The highest BCUT2D eigenvalue weighted by Crippen LogP contribution is 2.23. The number of rotatable bonds is 7. The molecule has 0 unspecified atom stereocenters. The Kier molecular flexibility index (Phi) is 4.06. The molecule has 19 heavy (non-hydrogen) atoms. The molecule has 2 rings (SSSR count). The van der Waals surface area contributed by atoms with Crippen molar-refractivity contribution in [1.29, 1.82) is 0 Å². The van der Waals surface area contributed by atoms with Gasteiger partial charge in [-0.25, -0.2) is 0 Å². The van der Waals surface area contributed by atoms with Crippen molar-refractivity contribution in [2.24, 2.45) is 0 Å². The topological polar surface area (TPSA) is 86.7 Å². The SMILES string of the molecule is O=C(O)CCN(c1ccccc1)S(=O)(=O)NC1CC1. The van der Waals surface area contributed by atoms with Crippen LogP contribution in [0.4, 0.5) is 5.69 Å². The number of carboxylic acid groups (broad SMARTS) is 1. The number of nitrogens with zero attached hydrogens (tertiary/aromatic N) is 1. The predicted molar refractivity (Wildman–Crippen MR) is 71.1 cm³/mol. The highest BCUT2D eigenvalue weighted by molar-refractivity contribution is 7.90. The zero-order valence-electron chi connectivity index (χ0n) is 10.3. The fourth-order valence-electron chi connectivity index (χ4n) is 1.65. The van der Waals surface area contributed by atoms with Crippen molar-refractivity contribution >= 4 is 21.9 Å². The lowest BCUT2D eigenvalue weighted by Gasteiger charge is -2.24. The summed E-state index contributed by atoms with van der Waals surface area (Å²) in [5.74, 6) is -1.03. The number of carboxylic acids is 1. The van der Waals surface area contributed by atoms with E-state index >= 15 is 0 Å². The lowest BCUT2D eigenvalue weighted by atomic mass is 10.3. The second kappa shape index (κ2) is 5.58. The first kappa shape index (κ1) is 13.8. The van der Waals surface area contributed by atoms with Crippen molar-refractivity contribution in [3.05, 3.63) is 30.3 Å². The van der Waals surface area contributed by atoms with Crippen LogP contribution in [0.15, 0.2) is 30.3 Å². The van der Waals surface area contributed by atoms with Gasteiger partial charge in [0.2, 0.25) is 0 Å². The van der Waals surface area contributed by atoms with Crippen LogP contribution in [0.5, 0.6) is 0 Å². The third kappa shape index (κ3) is 3.93. The minimum Gasteiger partial charge on any atom is -0.481 e. The van der Waals surface area contributed by atoms with E-state index < -0.39 is 16.2 Å².